The van der Waals surface area contributed by atoms with E-state index in [1.54, 1.807) is 0 Å². The molecule has 104 valence electrons. The summed E-state index contributed by atoms with van der Waals surface area (Å²) in [5, 5.41) is 2.95. The SMILES string of the molecule is CC(C)(CN)C(=O)Nc1cccc(N2CCCC2)c1. The summed E-state index contributed by atoms with van der Waals surface area (Å²) >= 11 is 0. The van der Waals surface area contributed by atoms with Crippen LogP contribution in [0.25, 0.3) is 0 Å². The summed E-state index contributed by atoms with van der Waals surface area (Å²) in [4.78, 5) is 14.4. The maximum absolute atomic E-state index is 12.1. The van der Waals surface area contributed by atoms with Crippen LogP contribution in [0.5, 0.6) is 0 Å². The molecule has 1 aliphatic heterocycles. The van der Waals surface area contributed by atoms with Crippen molar-refractivity contribution in [1.29, 1.82) is 0 Å². The average molecular weight is 261 g/mol. The zero-order valence-corrected chi connectivity index (χ0v) is 11.8. The number of nitrogens with two attached hydrogens (primary N) is 1. The average Bonchev–Trinajstić information content (AvgIpc) is 2.93. The van der Waals surface area contributed by atoms with Gasteiger partial charge in [0.15, 0.2) is 0 Å². The van der Waals surface area contributed by atoms with Crippen LogP contribution in [-0.4, -0.2) is 25.5 Å². The van der Waals surface area contributed by atoms with Gasteiger partial charge in [0.05, 0.1) is 5.41 Å². The lowest BCUT2D eigenvalue weighted by Gasteiger charge is -2.22. The Morgan fingerprint density at radius 3 is 2.68 bits per heavy atom. The highest BCUT2D eigenvalue weighted by Crippen LogP contribution is 2.24. The number of benzene rings is 1. The third-order valence-corrected chi connectivity index (χ3v) is 3.70. The van der Waals surface area contributed by atoms with E-state index in [0.717, 1.165) is 18.8 Å². The predicted octanol–water partition coefficient (Wildman–Crippen LogP) is 2.21. The van der Waals surface area contributed by atoms with E-state index < -0.39 is 5.41 Å². The lowest BCUT2D eigenvalue weighted by Crippen LogP contribution is -2.37. The van der Waals surface area contributed by atoms with E-state index in [-0.39, 0.29) is 5.91 Å². The summed E-state index contributed by atoms with van der Waals surface area (Å²) in [5.41, 5.74) is 7.11. The van der Waals surface area contributed by atoms with Gasteiger partial charge in [-0.3, -0.25) is 4.79 Å². The largest absolute Gasteiger partial charge is 0.371 e. The third-order valence-electron chi connectivity index (χ3n) is 3.70. The molecule has 3 N–H and O–H groups in total. The number of nitrogens with zero attached hydrogens (tertiary/aromatic N) is 1. The summed E-state index contributed by atoms with van der Waals surface area (Å²) in [7, 11) is 0. The summed E-state index contributed by atoms with van der Waals surface area (Å²) in [6, 6.07) is 8.04. The van der Waals surface area contributed by atoms with Crippen LogP contribution in [0, 0.1) is 5.41 Å². The second kappa shape index (κ2) is 5.61. The van der Waals surface area contributed by atoms with Gasteiger partial charge in [0.2, 0.25) is 5.91 Å². The van der Waals surface area contributed by atoms with Crippen LogP contribution in [0.2, 0.25) is 0 Å². The minimum atomic E-state index is -0.538. The van der Waals surface area contributed by atoms with Crippen LogP contribution in [0.3, 0.4) is 0 Å². The van der Waals surface area contributed by atoms with Gasteiger partial charge in [0.1, 0.15) is 0 Å². The highest BCUT2D eigenvalue weighted by atomic mass is 16.2. The van der Waals surface area contributed by atoms with E-state index in [2.05, 4.69) is 16.3 Å². The van der Waals surface area contributed by atoms with Gasteiger partial charge in [-0.2, -0.15) is 0 Å². The Kier molecular flexibility index (Phi) is 4.10. The van der Waals surface area contributed by atoms with Crippen molar-refractivity contribution in [2.75, 3.05) is 29.9 Å². The maximum atomic E-state index is 12.1. The molecule has 1 heterocycles. The lowest BCUT2D eigenvalue weighted by atomic mass is 9.92. The second-order valence-electron chi connectivity index (χ2n) is 5.79. The summed E-state index contributed by atoms with van der Waals surface area (Å²) < 4.78 is 0. The van der Waals surface area contributed by atoms with Crippen LogP contribution in [0.1, 0.15) is 26.7 Å². The first-order chi connectivity index (χ1) is 9.03. The summed E-state index contributed by atoms with van der Waals surface area (Å²) in [6.45, 7) is 6.25. The fourth-order valence-electron chi connectivity index (χ4n) is 2.15. The van der Waals surface area contributed by atoms with E-state index in [9.17, 15) is 4.79 Å². The molecule has 4 heteroatoms. The van der Waals surface area contributed by atoms with E-state index in [4.69, 9.17) is 5.73 Å². The van der Waals surface area contributed by atoms with Crippen LogP contribution in [0.4, 0.5) is 11.4 Å². The molecule has 1 aliphatic rings. The van der Waals surface area contributed by atoms with E-state index in [0.29, 0.717) is 6.54 Å². The number of carbonyl (C=O) groups excluding carboxylic acids is 1. The fraction of sp³-hybridized carbons (Fsp3) is 0.533. The molecule has 2 rings (SSSR count). The zero-order chi connectivity index (χ0) is 13.9. The van der Waals surface area contributed by atoms with Crippen LogP contribution >= 0.6 is 0 Å². The molecule has 0 atom stereocenters. The molecule has 19 heavy (non-hydrogen) atoms. The molecule has 0 spiro atoms. The van der Waals surface area contributed by atoms with Crippen molar-refractivity contribution in [1.82, 2.24) is 0 Å². The standard InChI is InChI=1S/C15H23N3O/c1-15(2,11-16)14(19)17-12-6-5-7-13(10-12)18-8-3-4-9-18/h5-7,10H,3-4,8-9,11,16H2,1-2H3,(H,17,19). The van der Waals surface area contributed by atoms with Crippen molar-refractivity contribution in [2.45, 2.75) is 26.7 Å². The first-order valence-corrected chi connectivity index (χ1v) is 6.89. The van der Waals surface area contributed by atoms with Gasteiger partial charge in [-0.25, -0.2) is 0 Å². The summed E-state index contributed by atoms with van der Waals surface area (Å²) in [6.07, 6.45) is 2.49. The molecule has 0 aromatic heterocycles. The van der Waals surface area contributed by atoms with Gasteiger partial charge in [0, 0.05) is 31.0 Å². The van der Waals surface area contributed by atoms with E-state index in [1.165, 1.54) is 18.5 Å². The van der Waals surface area contributed by atoms with Crippen molar-refractivity contribution in [3.63, 3.8) is 0 Å². The molecule has 0 saturated carbocycles. The number of anilines is 2. The maximum Gasteiger partial charge on any atom is 0.231 e. The molecular formula is C15H23N3O. The molecule has 1 saturated heterocycles. The Hall–Kier alpha value is -1.55. The number of hydrogen-bond donors (Lipinski definition) is 2. The highest BCUT2D eigenvalue weighted by molar-refractivity contribution is 5.95. The normalized spacial score (nSPS) is 15.6. The Bertz CT molecular complexity index is 450. The lowest BCUT2D eigenvalue weighted by molar-refractivity contribution is -0.123. The van der Waals surface area contributed by atoms with E-state index >= 15 is 0 Å². The monoisotopic (exact) mass is 261 g/mol. The van der Waals surface area contributed by atoms with Crippen molar-refractivity contribution in [3.05, 3.63) is 24.3 Å². The van der Waals surface area contributed by atoms with Crippen molar-refractivity contribution in [2.24, 2.45) is 11.1 Å². The Balaban J connectivity index is 2.09. The van der Waals surface area contributed by atoms with Gasteiger partial charge < -0.3 is 16.0 Å². The molecule has 0 aliphatic carbocycles. The van der Waals surface area contributed by atoms with Gasteiger partial charge in [-0.1, -0.05) is 6.07 Å². The number of amides is 1. The van der Waals surface area contributed by atoms with Crippen molar-refractivity contribution >= 4 is 17.3 Å². The van der Waals surface area contributed by atoms with Gasteiger partial charge in [-0.05, 0) is 44.9 Å². The van der Waals surface area contributed by atoms with Crippen LogP contribution < -0.4 is 16.0 Å². The second-order valence-corrected chi connectivity index (χ2v) is 5.79. The Morgan fingerprint density at radius 1 is 1.37 bits per heavy atom. The number of carbonyl (C=O) groups is 1. The molecular weight excluding hydrogens is 238 g/mol. The molecule has 1 aromatic carbocycles. The predicted molar refractivity (Wildman–Crippen MR) is 79.4 cm³/mol. The quantitative estimate of drug-likeness (QED) is 0.873. The van der Waals surface area contributed by atoms with Crippen molar-refractivity contribution in [3.8, 4) is 0 Å². The van der Waals surface area contributed by atoms with Crippen molar-refractivity contribution < 1.29 is 4.79 Å². The molecule has 1 fully saturated rings. The smallest absolute Gasteiger partial charge is 0.231 e. The van der Waals surface area contributed by atoms with E-state index in [1.807, 2.05) is 32.0 Å². The first kappa shape index (κ1) is 13.9. The summed E-state index contributed by atoms with van der Waals surface area (Å²) in [5.74, 6) is -0.0337. The molecule has 1 aromatic rings. The zero-order valence-electron chi connectivity index (χ0n) is 11.8. The van der Waals surface area contributed by atoms with Gasteiger partial charge >= 0.3 is 0 Å². The molecule has 4 nitrogen and oxygen atoms in total. The highest BCUT2D eigenvalue weighted by Gasteiger charge is 2.25. The molecule has 1 amide bonds. The third kappa shape index (κ3) is 3.26. The Morgan fingerprint density at radius 2 is 2.05 bits per heavy atom. The van der Waals surface area contributed by atoms with Gasteiger partial charge in [-0.15, -0.1) is 0 Å². The number of nitrogens with one attached hydrogen (secondary N) is 1. The number of rotatable bonds is 4. The number of hydrogen-bond acceptors (Lipinski definition) is 3. The Labute approximate surface area is 115 Å². The minimum Gasteiger partial charge on any atom is -0.371 e. The van der Waals surface area contributed by atoms with Gasteiger partial charge in [0.25, 0.3) is 0 Å². The molecule has 0 bridgehead atoms. The minimum absolute atomic E-state index is 0.0337. The van der Waals surface area contributed by atoms with Crippen LogP contribution in [-0.2, 0) is 4.79 Å². The molecule has 0 radical (unpaired) electrons. The topological polar surface area (TPSA) is 58.4 Å². The van der Waals surface area contributed by atoms with Crippen LogP contribution in [0.15, 0.2) is 24.3 Å². The first-order valence-electron chi connectivity index (χ1n) is 6.89. The fourth-order valence-corrected chi connectivity index (χ4v) is 2.15. The molecule has 0 unspecified atom stereocenters.